The van der Waals surface area contributed by atoms with E-state index in [0.29, 0.717) is 9.50 Å². The zero-order chi connectivity index (χ0) is 10.8. The summed E-state index contributed by atoms with van der Waals surface area (Å²) < 4.78 is 13.7. The van der Waals surface area contributed by atoms with E-state index in [2.05, 4.69) is 15.9 Å². The van der Waals surface area contributed by atoms with Gasteiger partial charge < -0.3 is 0 Å². The maximum Gasteiger partial charge on any atom is 0.137 e. The van der Waals surface area contributed by atoms with E-state index >= 15 is 0 Å². The highest BCUT2D eigenvalue weighted by atomic mass is 79.9. The van der Waals surface area contributed by atoms with Gasteiger partial charge in [-0.15, -0.1) is 0 Å². The van der Waals surface area contributed by atoms with Crippen molar-refractivity contribution in [2.45, 2.75) is 0 Å². The quantitative estimate of drug-likeness (QED) is 0.698. The van der Waals surface area contributed by atoms with Crippen molar-refractivity contribution in [2.75, 3.05) is 0 Å². The molecule has 0 saturated heterocycles. The van der Waals surface area contributed by atoms with Crippen LogP contribution in [0.5, 0.6) is 0 Å². The summed E-state index contributed by atoms with van der Waals surface area (Å²) in [5.41, 5.74) is 1.79. The first-order chi connectivity index (χ1) is 7.16. The molecule has 0 aliphatic carbocycles. The van der Waals surface area contributed by atoms with Crippen LogP contribution in [-0.2, 0) is 0 Å². The third kappa shape index (κ3) is 2.39. The second-order valence-corrected chi connectivity index (χ2v) is 4.43. The molecule has 0 radical (unpaired) electrons. The van der Waals surface area contributed by atoms with Gasteiger partial charge in [0, 0.05) is 5.02 Å². The van der Waals surface area contributed by atoms with E-state index in [-0.39, 0.29) is 5.82 Å². The maximum atomic E-state index is 13.3. The summed E-state index contributed by atoms with van der Waals surface area (Å²) >= 11 is 8.89. The van der Waals surface area contributed by atoms with Gasteiger partial charge in [-0.2, -0.15) is 0 Å². The van der Waals surface area contributed by atoms with Crippen LogP contribution in [0.1, 0.15) is 0 Å². The Morgan fingerprint density at radius 1 is 0.933 bits per heavy atom. The van der Waals surface area contributed by atoms with Crippen molar-refractivity contribution < 1.29 is 4.39 Å². The Balaban J connectivity index is 2.45. The molecule has 0 saturated carbocycles. The third-order valence-corrected chi connectivity index (χ3v) is 2.99. The van der Waals surface area contributed by atoms with E-state index in [0.717, 1.165) is 11.1 Å². The van der Waals surface area contributed by atoms with Crippen LogP contribution in [0, 0.1) is 5.82 Å². The Morgan fingerprint density at radius 2 is 1.53 bits per heavy atom. The molecule has 0 spiro atoms. The van der Waals surface area contributed by atoms with Crippen LogP contribution in [0.2, 0.25) is 5.02 Å². The number of hydrogen-bond donors (Lipinski definition) is 0. The van der Waals surface area contributed by atoms with Gasteiger partial charge in [-0.05, 0) is 51.3 Å². The van der Waals surface area contributed by atoms with Crippen LogP contribution in [0.25, 0.3) is 11.1 Å². The molecule has 0 heterocycles. The topological polar surface area (TPSA) is 0 Å². The van der Waals surface area contributed by atoms with Crippen molar-refractivity contribution in [3.8, 4) is 11.1 Å². The van der Waals surface area contributed by atoms with Crippen molar-refractivity contribution in [2.24, 2.45) is 0 Å². The molecular weight excluding hydrogens is 278 g/mol. The van der Waals surface area contributed by atoms with Crippen LogP contribution in [-0.4, -0.2) is 0 Å². The lowest BCUT2D eigenvalue weighted by Crippen LogP contribution is -1.81. The minimum Gasteiger partial charge on any atom is -0.206 e. The fourth-order valence-electron chi connectivity index (χ4n) is 1.32. The summed E-state index contributed by atoms with van der Waals surface area (Å²) in [7, 11) is 0. The molecule has 0 unspecified atom stereocenters. The van der Waals surface area contributed by atoms with Crippen LogP contribution in [0.3, 0.4) is 0 Å². The Hall–Kier alpha value is -0.860. The van der Waals surface area contributed by atoms with Crippen molar-refractivity contribution in [3.63, 3.8) is 0 Å². The molecule has 0 atom stereocenters. The minimum atomic E-state index is -0.262. The third-order valence-electron chi connectivity index (χ3n) is 2.10. The largest absolute Gasteiger partial charge is 0.206 e. The lowest BCUT2D eigenvalue weighted by Gasteiger charge is -2.02. The Morgan fingerprint density at radius 3 is 2.13 bits per heavy atom. The Bertz CT molecular complexity index is 479. The van der Waals surface area contributed by atoms with Gasteiger partial charge in [0.05, 0.1) is 4.47 Å². The molecule has 2 aromatic carbocycles. The van der Waals surface area contributed by atoms with Gasteiger partial charge in [0.2, 0.25) is 0 Å². The van der Waals surface area contributed by atoms with E-state index in [9.17, 15) is 4.39 Å². The van der Waals surface area contributed by atoms with Crippen molar-refractivity contribution in [3.05, 3.63) is 57.8 Å². The zero-order valence-corrected chi connectivity index (χ0v) is 10.0. The average molecular weight is 286 g/mol. The summed E-state index contributed by atoms with van der Waals surface area (Å²) in [6.07, 6.45) is 0. The van der Waals surface area contributed by atoms with E-state index < -0.39 is 0 Å². The average Bonchev–Trinajstić information content (AvgIpc) is 2.23. The predicted octanol–water partition coefficient (Wildman–Crippen LogP) is 4.91. The number of halogens is 3. The molecule has 0 bridgehead atoms. The molecule has 3 heteroatoms. The van der Waals surface area contributed by atoms with Crippen LogP contribution in [0.4, 0.5) is 4.39 Å². The summed E-state index contributed by atoms with van der Waals surface area (Å²) in [6, 6.07) is 12.4. The molecule has 15 heavy (non-hydrogen) atoms. The van der Waals surface area contributed by atoms with Gasteiger partial charge in [-0.3, -0.25) is 0 Å². The lowest BCUT2D eigenvalue weighted by molar-refractivity contribution is 0.621. The predicted molar refractivity (Wildman–Crippen MR) is 64.5 cm³/mol. The molecule has 0 N–H and O–H groups in total. The molecule has 76 valence electrons. The first-order valence-corrected chi connectivity index (χ1v) is 5.55. The van der Waals surface area contributed by atoms with Crippen molar-refractivity contribution in [1.29, 1.82) is 0 Å². The van der Waals surface area contributed by atoms with E-state index in [1.165, 1.54) is 6.07 Å². The normalized spacial score (nSPS) is 10.3. The smallest absolute Gasteiger partial charge is 0.137 e. The van der Waals surface area contributed by atoms with Gasteiger partial charge in [-0.25, -0.2) is 4.39 Å². The van der Waals surface area contributed by atoms with Gasteiger partial charge in [-0.1, -0.05) is 29.8 Å². The molecule has 2 rings (SSSR count). The highest BCUT2D eigenvalue weighted by Gasteiger charge is 2.02. The summed E-state index contributed by atoms with van der Waals surface area (Å²) in [5, 5.41) is 0.677. The maximum absolute atomic E-state index is 13.3. The molecule has 0 aliphatic rings. The Labute approximate surface area is 101 Å². The second kappa shape index (κ2) is 4.33. The number of benzene rings is 2. The monoisotopic (exact) mass is 284 g/mol. The van der Waals surface area contributed by atoms with Gasteiger partial charge >= 0.3 is 0 Å². The lowest BCUT2D eigenvalue weighted by atomic mass is 10.1. The number of hydrogen-bond acceptors (Lipinski definition) is 0. The summed E-state index contributed by atoms with van der Waals surface area (Å²) in [5.74, 6) is -0.262. The van der Waals surface area contributed by atoms with Crippen molar-refractivity contribution in [1.82, 2.24) is 0 Å². The zero-order valence-electron chi connectivity index (χ0n) is 7.68. The van der Waals surface area contributed by atoms with Gasteiger partial charge in [0.1, 0.15) is 5.82 Å². The van der Waals surface area contributed by atoms with Crippen LogP contribution < -0.4 is 0 Å². The molecule has 0 nitrogen and oxygen atoms in total. The van der Waals surface area contributed by atoms with Gasteiger partial charge in [0.25, 0.3) is 0 Å². The molecular formula is C12H7BrClF. The van der Waals surface area contributed by atoms with Crippen molar-refractivity contribution >= 4 is 27.5 Å². The van der Waals surface area contributed by atoms with E-state index in [4.69, 9.17) is 11.6 Å². The van der Waals surface area contributed by atoms with Crippen LogP contribution >= 0.6 is 27.5 Å². The highest BCUT2D eigenvalue weighted by molar-refractivity contribution is 9.10. The fraction of sp³-hybridized carbons (Fsp3) is 0. The summed E-state index contributed by atoms with van der Waals surface area (Å²) in [4.78, 5) is 0. The fourth-order valence-corrected chi connectivity index (χ4v) is 1.69. The number of rotatable bonds is 1. The first kappa shape index (κ1) is 10.7. The molecule has 0 amide bonds. The highest BCUT2D eigenvalue weighted by Crippen LogP contribution is 2.25. The SMILES string of the molecule is Fc1cc(-c2ccc(Cl)cc2)ccc1Br. The first-order valence-electron chi connectivity index (χ1n) is 4.38. The van der Waals surface area contributed by atoms with Gasteiger partial charge in [0.15, 0.2) is 0 Å². The molecule has 2 aromatic rings. The molecule has 0 aromatic heterocycles. The minimum absolute atomic E-state index is 0.262. The second-order valence-electron chi connectivity index (χ2n) is 3.14. The Kier molecular flexibility index (Phi) is 3.08. The van der Waals surface area contributed by atoms with Crippen LogP contribution in [0.15, 0.2) is 46.9 Å². The molecule has 0 fully saturated rings. The standard InChI is InChI=1S/C12H7BrClF/c13-11-6-3-9(7-12(11)15)8-1-4-10(14)5-2-8/h1-7H. The summed E-state index contributed by atoms with van der Waals surface area (Å²) in [6.45, 7) is 0. The molecule has 0 aliphatic heterocycles. The van der Waals surface area contributed by atoms with E-state index in [1.807, 2.05) is 18.2 Å². The van der Waals surface area contributed by atoms with E-state index in [1.54, 1.807) is 18.2 Å².